The summed E-state index contributed by atoms with van der Waals surface area (Å²) in [4.78, 5) is 4.74. The van der Waals surface area contributed by atoms with Crippen molar-refractivity contribution in [2.24, 2.45) is 11.7 Å². The third-order valence-electron chi connectivity index (χ3n) is 3.79. The number of nitrogens with two attached hydrogens (primary N) is 1. The molecule has 1 aliphatic heterocycles. The van der Waals surface area contributed by atoms with Crippen molar-refractivity contribution < 1.29 is 4.74 Å². The fraction of sp³-hybridized carbons (Fsp3) is 0.400. The Morgan fingerprint density at radius 1 is 1.26 bits per heavy atom. The number of pyridine rings is 1. The van der Waals surface area contributed by atoms with Gasteiger partial charge >= 0.3 is 0 Å². The molecule has 0 aliphatic carbocycles. The average molecular weight is 321 g/mol. The smallest absolute Gasteiger partial charge is 0.0723 e. The third kappa shape index (κ3) is 2.66. The first kappa shape index (κ1) is 13.0. The second-order valence-corrected chi connectivity index (χ2v) is 5.88. The largest absolute Gasteiger partial charge is 0.381 e. The second-order valence-electron chi connectivity index (χ2n) is 5.02. The summed E-state index contributed by atoms with van der Waals surface area (Å²) in [6.07, 6.45) is 2.03. The summed E-state index contributed by atoms with van der Waals surface area (Å²) in [5, 5.41) is 1.14. The molecule has 1 fully saturated rings. The van der Waals surface area contributed by atoms with Crippen LogP contribution in [0.3, 0.4) is 0 Å². The maximum absolute atomic E-state index is 6.41. The van der Waals surface area contributed by atoms with Crippen molar-refractivity contribution in [3.63, 3.8) is 0 Å². The van der Waals surface area contributed by atoms with Gasteiger partial charge in [-0.05, 0) is 46.8 Å². The molecule has 0 bridgehead atoms. The Morgan fingerprint density at radius 2 is 2.00 bits per heavy atom. The molecule has 0 spiro atoms. The van der Waals surface area contributed by atoms with Crippen molar-refractivity contribution >= 4 is 26.8 Å². The predicted molar refractivity (Wildman–Crippen MR) is 79.9 cm³/mol. The molecule has 4 heteroatoms. The van der Waals surface area contributed by atoms with Crippen LogP contribution in [-0.4, -0.2) is 18.2 Å². The van der Waals surface area contributed by atoms with Gasteiger partial charge in [-0.25, -0.2) is 4.98 Å². The Hall–Kier alpha value is -0.970. The highest BCUT2D eigenvalue weighted by Gasteiger charge is 2.25. The zero-order chi connectivity index (χ0) is 13.2. The molecule has 1 unspecified atom stereocenters. The summed E-state index contributed by atoms with van der Waals surface area (Å²) in [6, 6.07) is 10.2. The highest BCUT2D eigenvalue weighted by Crippen LogP contribution is 2.32. The van der Waals surface area contributed by atoms with E-state index in [2.05, 4.69) is 28.1 Å². The minimum Gasteiger partial charge on any atom is -0.381 e. The average Bonchev–Trinajstić information content (AvgIpc) is 2.47. The number of hydrogen-bond acceptors (Lipinski definition) is 3. The third-order valence-corrected chi connectivity index (χ3v) is 4.43. The maximum Gasteiger partial charge on any atom is 0.0723 e. The zero-order valence-electron chi connectivity index (χ0n) is 10.7. The quantitative estimate of drug-likeness (QED) is 0.922. The summed E-state index contributed by atoms with van der Waals surface area (Å²) < 4.78 is 6.40. The lowest BCUT2D eigenvalue weighted by molar-refractivity contribution is 0.0579. The van der Waals surface area contributed by atoms with E-state index in [-0.39, 0.29) is 6.04 Å². The van der Waals surface area contributed by atoms with E-state index >= 15 is 0 Å². The van der Waals surface area contributed by atoms with Crippen molar-refractivity contribution in [2.75, 3.05) is 13.2 Å². The van der Waals surface area contributed by atoms with Crippen molar-refractivity contribution in [1.29, 1.82) is 0 Å². The fourth-order valence-corrected chi connectivity index (χ4v) is 3.24. The van der Waals surface area contributed by atoms with Crippen LogP contribution in [0.25, 0.3) is 10.9 Å². The van der Waals surface area contributed by atoms with E-state index in [4.69, 9.17) is 15.5 Å². The molecule has 3 nitrogen and oxygen atoms in total. The van der Waals surface area contributed by atoms with Gasteiger partial charge in [-0.15, -0.1) is 0 Å². The van der Waals surface area contributed by atoms with Gasteiger partial charge in [-0.1, -0.05) is 18.2 Å². The molecule has 0 amide bonds. The summed E-state index contributed by atoms with van der Waals surface area (Å²) in [7, 11) is 0. The van der Waals surface area contributed by atoms with Gasteiger partial charge in [0.1, 0.15) is 0 Å². The molecule has 100 valence electrons. The summed E-state index contributed by atoms with van der Waals surface area (Å²) in [6.45, 7) is 1.62. The Labute approximate surface area is 121 Å². The highest BCUT2D eigenvalue weighted by molar-refractivity contribution is 9.10. The van der Waals surface area contributed by atoms with Gasteiger partial charge in [0.2, 0.25) is 0 Å². The minimum atomic E-state index is -0.0251. The molecule has 1 aliphatic rings. The molecule has 0 saturated carbocycles. The summed E-state index contributed by atoms with van der Waals surface area (Å²) in [5.41, 5.74) is 8.38. The number of fused-ring (bicyclic) bond motifs is 1. The van der Waals surface area contributed by atoms with Crippen molar-refractivity contribution in [1.82, 2.24) is 4.98 Å². The lowest BCUT2D eigenvalue weighted by Gasteiger charge is -2.27. The van der Waals surface area contributed by atoms with E-state index in [1.165, 1.54) is 0 Å². The highest BCUT2D eigenvalue weighted by atomic mass is 79.9. The second kappa shape index (κ2) is 5.57. The van der Waals surface area contributed by atoms with Crippen LogP contribution in [0.2, 0.25) is 0 Å². The summed E-state index contributed by atoms with van der Waals surface area (Å²) >= 11 is 3.61. The zero-order valence-corrected chi connectivity index (χ0v) is 12.3. The lowest BCUT2D eigenvalue weighted by atomic mass is 9.90. The van der Waals surface area contributed by atoms with Crippen LogP contribution >= 0.6 is 15.9 Å². The molecule has 2 N–H and O–H groups in total. The number of benzene rings is 1. The molecule has 3 rings (SSSR count). The topological polar surface area (TPSA) is 48.1 Å². The van der Waals surface area contributed by atoms with E-state index in [1.807, 2.05) is 18.2 Å². The van der Waals surface area contributed by atoms with Crippen molar-refractivity contribution in [2.45, 2.75) is 18.9 Å². The Bertz CT molecular complexity index is 581. The first-order chi connectivity index (χ1) is 9.25. The van der Waals surface area contributed by atoms with E-state index in [1.54, 1.807) is 0 Å². The van der Waals surface area contributed by atoms with Crippen LogP contribution in [0.5, 0.6) is 0 Å². The maximum atomic E-state index is 6.41. The van der Waals surface area contributed by atoms with Gasteiger partial charge in [0.05, 0.1) is 17.3 Å². The van der Waals surface area contributed by atoms with Gasteiger partial charge in [-0.2, -0.15) is 0 Å². The monoisotopic (exact) mass is 320 g/mol. The number of para-hydroxylation sites is 1. The molecule has 1 aromatic carbocycles. The number of aromatic nitrogens is 1. The van der Waals surface area contributed by atoms with Gasteiger partial charge in [-0.3, -0.25) is 0 Å². The number of nitrogens with zero attached hydrogens (tertiary/aromatic N) is 1. The normalized spacial score (nSPS) is 18.6. The number of ether oxygens (including phenoxy) is 1. The van der Waals surface area contributed by atoms with Gasteiger partial charge in [0.15, 0.2) is 0 Å². The molecule has 1 aromatic heterocycles. The van der Waals surface area contributed by atoms with E-state index < -0.39 is 0 Å². The van der Waals surface area contributed by atoms with Crippen LogP contribution in [0, 0.1) is 5.92 Å². The SMILES string of the molecule is NC(c1nc2ccccc2cc1Br)C1CCOCC1. The van der Waals surface area contributed by atoms with E-state index in [0.717, 1.165) is 47.1 Å². The first-order valence-corrected chi connectivity index (χ1v) is 7.43. The lowest BCUT2D eigenvalue weighted by Crippen LogP contribution is -2.28. The minimum absolute atomic E-state index is 0.0251. The Morgan fingerprint density at radius 3 is 2.79 bits per heavy atom. The van der Waals surface area contributed by atoms with Crippen LogP contribution in [0.15, 0.2) is 34.8 Å². The summed E-state index contributed by atoms with van der Waals surface area (Å²) in [5.74, 6) is 0.457. The van der Waals surface area contributed by atoms with E-state index in [9.17, 15) is 0 Å². The molecule has 2 aromatic rings. The van der Waals surface area contributed by atoms with E-state index in [0.29, 0.717) is 5.92 Å². The van der Waals surface area contributed by atoms with Gasteiger partial charge < -0.3 is 10.5 Å². The predicted octanol–water partition coefficient (Wildman–Crippen LogP) is 3.42. The van der Waals surface area contributed by atoms with Crippen LogP contribution in [0.4, 0.5) is 0 Å². The van der Waals surface area contributed by atoms with Crippen molar-refractivity contribution in [3.8, 4) is 0 Å². The molecule has 0 radical (unpaired) electrons. The van der Waals surface area contributed by atoms with Crippen LogP contribution < -0.4 is 5.73 Å². The molecular formula is C15H17BrN2O. The Balaban J connectivity index is 1.96. The number of rotatable bonds is 2. The molecular weight excluding hydrogens is 304 g/mol. The standard InChI is InChI=1S/C15H17BrN2O/c16-12-9-11-3-1-2-4-13(11)18-15(12)14(17)10-5-7-19-8-6-10/h1-4,9-10,14H,5-8,17H2. The Kier molecular flexibility index (Phi) is 3.82. The fourth-order valence-electron chi connectivity index (χ4n) is 2.64. The first-order valence-electron chi connectivity index (χ1n) is 6.64. The molecule has 1 atom stereocenters. The van der Waals surface area contributed by atoms with Crippen LogP contribution in [0.1, 0.15) is 24.6 Å². The van der Waals surface area contributed by atoms with Crippen LogP contribution in [-0.2, 0) is 4.74 Å². The molecule has 1 saturated heterocycles. The van der Waals surface area contributed by atoms with Crippen molar-refractivity contribution in [3.05, 3.63) is 40.5 Å². The van der Waals surface area contributed by atoms with Gasteiger partial charge in [0.25, 0.3) is 0 Å². The van der Waals surface area contributed by atoms with Gasteiger partial charge in [0, 0.05) is 23.1 Å². The number of halogens is 1. The molecule has 19 heavy (non-hydrogen) atoms. The molecule has 2 heterocycles. The number of hydrogen-bond donors (Lipinski definition) is 1.